The second-order valence-electron chi connectivity index (χ2n) is 3.49. The molecule has 1 atom stereocenters. The Morgan fingerprint density at radius 2 is 2.06 bits per heavy atom. The largest absolute Gasteiger partial charge is 0.464 e. The molecule has 0 bridgehead atoms. The van der Waals surface area contributed by atoms with Gasteiger partial charge in [0.2, 0.25) is 0 Å². The van der Waals surface area contributed by atoms with E-state index in [1.54, 1.807) is 24.3 Å². The Hall–Kier alpha value is -1.55. The first-order valence-corrected chi connectivity index (χ1v) is 5.27. The predicted molar refractivity (Wildman–Crippen MR) is 58.3 cm³/mol. The molecule has 0 radical (unpaired) electrons. The first kappa shape index (κ1) is 11.0. The van der Waals surface area contributed by atoms with E-state index < -0.39 is 6.04 Å². The van der Waals surface area contributed by atoms with Crippen LogP contribution in [-0.2, 0) is 9.53 Å². The van der Waals surface area contributed by atoms with Crippen LogP contribution < -0.4 is 5.32 Å². The lowest BCUT2D eigenvalue weighted by molar-refractivity contribution is -0.139. The lowest BCUT2D eigenvalue weighted by Crippen LogP contribution is -2.37. The summed E-state index contributed by atoms with van der Waals surface area (Å²) in [5.74, 6) is -0.664. The number of amides is 1. The summed E-state index contributed by atoms with van der Waals surface area (Å²) < 4.78 is 4.75. The minimum absolute atomic E-state index is 0.291. The van der Waals surface area contributed by atoms with Crippen LogP contribution in [0.5, 0.6) is 0 Å². The highest BCUT2D eigenvalue weighted by molar-refractivity contribution is 6.30. The van der Waals surface area contributed by atoms with Gasteiger partial charge in [-0.2, -0.15) is 0 Å². The molecule has 1 N–H and O–H groups in total. The molecule has 1 heterocycles. The zero-order chi connectivity index (χ0) is 11.5. The van der Waals surface area contributed by atoms with E-state index in [0.29, 0.717) is 23.6 Å². The van der Waals surface area contributed by atoms with Gasteiger partial charge in [0, 0.05) is 17.0 Å². The molecule has 1 fully saturated rings. The van der Waals surface area contributed by atoms with Gasteiger partial charge < -0.3 is 10.1 Å². The lowest BCUT2D eigenvalue weighted by atomic mass is 10.2. The smallest absolute Gasteiger partial charge is 0.328 e. The van der Waals surface area contributed by atoms with Crippen molar-refractivity contribution in [2.75, 3.05) is 6.61 Å². The number of rotatable bonds is 2. The van der Waals surface area contributed by atoms with Gasteiger partial charge in [0.05, 0.1) is 6.61 Å². The van der Waals surface area contributed by atoms with E-state index >= 15 is 0 Å². The SMILES string of the molecule is O=C(N[C@H]1CCOC1=O)c1ccc(Cl)cc1. The Labute approximate surface area is 97.5 Å². The normalized spacial score (nSPS) is 19.3. The van der Waals surface area contributed by atoms with E-state index in [1.165, 1.54) is 0 Å². The molecule has 0 spiro atoms. The van der Waals surface area contributed by atoms with Crippen molar-refractivity contribution in [2.45, 2.75) is 12.5 Å². The molecule has 0 aromatic heterocycles. The standard InChI is InChI=1S/C11H10ClNO3/c12-8-3-1-7(2-4-8)10(14)13-9-5-6-16-11(9)15/h1-4,9H,5-6H2,(H,13,14)/t9-/m0/s1. The van der Waals surface area contributed by atoms with Gasteiger partial charge in [0.1, 0.15) is 6.04 Å². The third-order valence-corrected chi connectivity index (χ3v) is 2.60. The molecule has 4 nitrogen and oxygen atoms in total. The summed E-state index contributed by atoms with van der Waals surface area (Å²) in [5.41, 5.74) is 0.476. The van der Waals surface area contributed by atoms with Gasteiger partial charge in [-0.15, -0.1) is 0 Å². The third-order valence-electron chi connectivity index (χ3n) is 2.35. The Kier molecular flexibility index (Phi) is 3.10. The summed E-state index contributed by atoms with van der Waals surface area (Å²) >= 11 is 5.70. The molecule has 1 aliphatic rings. The summed E-state index contributed by atoms with van der Waals surface area (Å²) in [6.45, 7) is 0.365. The predicted octanol–water partition coefficient (Wildman–Crippen LogP) is 1.39. The molecule has 5 heteroatoms. The van der Waals surface area contributed by atoms with Gasteiger partial charge in [-0.1, -0.05) is 11.6 Å². The lowest BCUT2D eigenvalue weighted by Gasteiger charge is -2.08. The van der Waals surface area contributed by atoms with Crippen molar-refractivity contribution in [1.29, 1.82) is 0 Å². The molecule has 0 unspecified atom stereocenters. The Morgan fingerprint density at radius 1 is 1.38 bits per heavy atom. The number of halogens is 1. The fourth-order valence-corrected chi connectivity index (χ4v) is 1.60. The maximum Gasteiger partial charge on any atom is 0.328 e. The van der Waals surface area contributed by atoms with Crippen LogP contribution in [0.2, 0.25) is 5.02 Å². The molecule has 1 aliphatic heterocycles. The van der Waals surface area contributed by atoms with Crippen molar-refractivity contribution in [1.82, 2.24) is 5.32 Å². The zero-order valence-corrected chi connectivity index (χ0v) is 9.16. The monoisotopic (exact) mass is 239 g/mol. The van der Waals surface area contributed by atoms with Crippen molar-refractivity contribution in [3.63, 3.8) is 0 Å². The zero-order valence-electron chi connectivity index (χ0n) is 8.40. The van der Waals surface area contributed by atoms with E-state index in [0.717, 1.165) is 0 Å². The number of nitrogens with one attached hydrogen (secondary N) is 1. The van der Waals surface area contributed by atoms with Gasteiger partial charge in [-0.05, 0) is 24.3 Å². The minimum atomic E-state index is -0.525. The number of ether oxygens (including phenoxy) is 1. The van der Waals surface area contributed by atoms with Gasteiger partial charge >= 0.3 is 5.97 Å². The summed E-state index contributed by atoms with van der Waals surface area (Å²) in [7, 11) is 0. The molecule has 84 valence electrons. The number of benzene rings is 1. The number of carbonyl (C=O) groups excluding carboxylic acids is 2. The van der Waals surface area contributed by atoms with E-state index in [4.69, 9.17) is 16.3 Å². The summed E-state index contributed by atoms with van der Waals surface area (Å²) in [6, 6.07) is 5.95. The highest BCUT2D eigenvalue weighted by Gasteiger charge is 2.28. The van der Waals surface area contributed by atoms with Gasteiger partial charge in [0.25, 0.3) is 5.91 Å². The summed E-state index contributed by atoms with van der Waals surface area (Å²) in [6.07, 6.45) is 0.526. The quantitative estimate of drug-likeness (QED) is 0.794. The molecule has 0 saturated carbocycles. The van der Waals surface area contributed by atoms with Crippen LogP contribution in [0.25, 0.3) is 0 Å². The van der Waals surface area contributed by atoms with Crippen LogP contribution in [0.15, 0.2) is 24.3 Å². The van der Waals surface area contributed by atoms with Crippen LogP contribution in [0.4, 0.5) is 0 Å². The molecule has 2 rings (SSSR count). The van der Waals surface area contributed by atoms with Gasteiger partial charge in [0.15, 0.2) is 0 Å². The van der Waals surface area contributed by atoms with Crippen molar-refractivity contribution in [3.8, 4) is 0 Å². The third kappa shape index (κ3) is 2.33. The van der Waals surface area contributed by atoms with E-state index in [2.05, 4.69) is 5.32 Å². The molecule has 1 aromatic carbocycles. The van der Waals surface area contributed by atoms with E-state index in [-0.39, 0.29) is 11.9 Å². The number of carbonyl (C=O) groups is 2. The molecule has 0 aliphatic carbocycles. The summed E-state index contributed by atoms with van der Waals surface area (Å²) in [4.78, 5) is 22.8. The van der Waals surface area contributed by atoms with Gasteiger partial charge in [-0.3, -0.25) is 4.79 Å². The van der Waals surface area contributed by atoms with Crippen LogP contribution in [0.1, 0.15) is 16.8 Å². The molecule has 16 heavy (non-hydrogen) atoms. The maximum absolute atomic E-state index is 11.7. The average molecular weight is 240 g/mol. The number of hydrogen-bond donors (Lipinski definition) is 1. The van der Waals surface area contributed by atoms with Crippen LogP contribution >= 0.6 is 11.6 Å². The van der Waals surface area contributed by atoms with E-state index in [9.17, 15) is 9.59 Å². The fraction of sp³-hybridized carbons (Fsp3) is 0.273. The molecule has 1 saturated heterocycles. The van der Waals surface area contributed by atoms with Gasteiger partial charge in [-0.25, -0.2) is 4.79 Å². The fourth-order valence-electron chi connectivity index (χ4n) is 1.47. The number of hydrogen-bond acceptors (Lipinski definition) is 3. The van der Waals surface area contributed by atoms with Crippen LogP contribution in [0.3, 0.4) is 0 Å². The van der Waals surface area contributed by atoms with Crippen LogP contribution in [0, 0.1) is 0 Å². The topological polar surface area (TPSA) is 55.4 Å². The Balaban J connectivity index is 2.02. The molecular weight excluding hydrogens is 230 g/mol. The van der Waals surface area contributed by atoms with Crippen molar-refractivity contribution >= 4 is 23.5 Å². The second kappa shape index (κ2) is 4.53. The number of cyclic esters (lactones) is 1. The molecular formula is C11H10ClNO3. The summed E-state index contributed by atoms with van der Waals surface area (Å²) in [5, 5.41) is 3.17. The highest BCUT2D eigenvalue weighted by atomic mass is 35.5. The van der Waals surface area contributed by atoms with Crippen molar-refractivity contribution < 1.29 is 14.3 Å². The highest BCUT2D eigenvalue weighted by Crippen LogP contribution is 2.11. The average Bonchev–Trinajstić information content (AvgIpc) is 2.65. The molecule has 1 aromatic rings. The molecule has 1 amide bonds. The minimum Gasteiger partial charge on any atom is -0.464 e. The van der Waals surface area contributed by atoms with Crippen molar-refractivity contribution in [2.24, 2.45) is 0 Å². The van der Waals surface area contributed by atoms with Crippen molar-refractivity contribution in [3.05, 3.63) is 34.9 Å². The second-order valence-corrected chi connectivity index (χ2v) is 3.93. The Bertz CT molecular complexity index is 416. The maximum atomic E-state index is 11.7. The first-order chi connectivity index (χ1) is 7.66. The Morgan fingerprint density at radius 3 is 2.62 bits per heavy atom. The number of esters is 1. The first-order valence-electron chi connectivity index (χ1n) is 4.90. The van der Waals surface area contributed by atoms with Crippen LogP contribution in [-0.4, -0.2) is 24.5 Å². The van der Waals surface area contributed by atoms with E-state index in [1.807, 2.05) is 0 Å².